The molecule has 0 bridgehead atoms. The van der Waals surface area contributed by atoms with Gasteiger partial charge in [-0.2, -0.15) is 0 Å². The van der Waals surface area contributed by atoms with E-state index in [0.29, 0.717) is 35.6 Å². The van der Waals surface area contributed by atoms with E-state index < -0.39 is 23.1 Å². The molecule has 2 aromatic carbocycles. The van der Waals surface area contributed by atoms with E-state index in [1.807, 2.05) is 36.4 Å². The number of rotatable bonds is 6. The van der Waals surface area contributed by atoms with Crippen molar-refractivity contribution in [2.45, 2.75) is 75.7 Å². The van der Waals surface area contributed by atoms with Crippen molar-refractivity contribution in [1.29, 1.82) is 0 Å². The summed E-state index contributed by atoms with van der Waals surface area (Å²) in [6.45, 7) is 4.27. The Morgan fingerprint density at radius 1 is 1.05 bits per heavy atom. The van der Waals surface area contributed by atoms with Gasteiger partial charge in [0.25, 0.3) is 5.22 Å². The van der Waals surface area contributed by atoms with Crippen molar-refractivity contribution < 1.29 is 28.6 Å². The summed E-state index contributed by atoms with van der Waals surface area (Å²) in [6.07, 6.45) is 5.57. The smallest absolute Gasteiger partial charge is 0.339 e. The van der Waals surface area contributed by atoms with Crippen LogP contribution in [0.15, 0.2) is 75.9 Å². The van der Waals surface area contributed by atoms with E-state index in [1.165, 1.54) is 17.3 Å². The summed E-state index contributed by atoms with van der Waals surface area (Å²) in [5, 5.41) is 12.3. The zero-order chi connectivity index (χ0) is 30.0. The number of aliphatic hydroxyl groups is 1. The fourth-order valence-corrected chi connectivity index (χ4v) is 10.1. The zero-order valence-corrected chi connectivity index (χ0v) is 25.4. The van der Waals surface area contributed by atoms with E-state index in [4.69, 9.17) is 9.15 Å². The molecule has 1 aromatic heterocycles. The average Bonchev–Trinajstić information content (AvgIpc) is 3.55. The molecule has 0 amide bonds. The van der Waals surface area contributed by atoms with Crippen molar-refractivity contribution >= 4 is 40.4 Å². The van der Waals surface area contributed by atoms with Crippen molar-refractivity contribution in [3.8, 4) is 0 Å². The molecule has 3 aromatic rings. The van der Waals surface area contributed by atoms with Gasteiger partial charge in [0.1, 0.15) is 5.52 Å². The lowest BCUT2D eigenvalue weighted by molar-refractivity contribution is -0.180. The number of allylic oxidation sites excluding steroid dienone is 1. The quantitative estimate of drug-likeness (QED) is 0.250. The van der Waals surface area contributed by atoms with E-state index >= 15 is 0 Å². The number of nitrogens with zero attached hydrogens (tertiary/aromatic N) is 1. The summed E-state index contributed by atoms with van der Waals surface area (Å²) in [5.41, 5.74) is 0.554. The first-order valence-corrected chi connectivity index (χ1v) is 16.4. The number of aliphatic hydroxyl groups excluding tert-OH is 1. The number of hydrogen-bond donors (Lipinski definition) is 1. The maximum atomic E-state index is 14.5. The second-order valence-corrected chi connectivity index (χ2v) is 14.3. The Labute approximate surface area is 255 Å². The number of aromatic nitrogens is 1. The molecule has 3 fully saturated rings. The Hall–Kier alpha value is -3.23. The summed E-state index contributed by atoms with van der Waals surface area (Å²) < 4.78 is 12.3. The van der Waals surface area contributed by atoms with Crippen LogP contribution in [0.3, 0.4) is 0 Å². The van der Waals surface area contributed by atoms with Crippen molar-refractivity contribution in [3.05, 3.63) is 71.8 Å². The summed E-state index contributed by atoms with van der Waals surface area (Å²) in [4.78, 5) is 44.9. The second kappa shape index (κ2) is 10.4. The maximum absolute atomic E-state index is 14.5. The molecule has 4 aliphatic rings. The fourth-order valence-electron chi connectivity index (χ4n) is 9.31. The van der Waals surface area contributed by atoms with Gasteiger partial charge in [0.15, 0.2) is 22.8 Å². The van der Waals surface area contributed by atoms with Gasteiger partial charge in [-0.3, -0.25) is 9.59 Å². The van der Waals surface area contributed by atoms with Crippen LogP contribution in [0.5, 0.6) is 0 Å². The molecule has 0 radical (unpaired) electrons. The summed E-state index contributed by atoms with van der Waals surface area (Å²) >= 11 is 1.22. The topological polar surface area (TPSA) is 107 Å². The number of Topliss-reactive ketones (excluding diaryl/α,β-unsaturated/α-hetero) is 1. The number of hydrogen-bond acceptors (Lipinski definition) is 8. The first kappa shape index (κ1) is 28.5. The van der Waals surface area contributed by atoms with E-state index in [9.17, 15) is 19.5 Å². The van der Waals surface area contributed by atoms with E-state index in [2.05, 4.69) is 18.8 Å². The molecule has 0 spiro atoms. The number of ketones is 2. The molecule has 5 unspecified atom stereocenters. The number of thioether (sulfide) groups is 1. The molecule has 3 saturated carbocycles. The Balaban J connectivity index is 1.23. The third kappa shape index (κ3) is 4.43. The molecule has 1 N–H and O–H groups in total. The highest BCUT2D eigenvalue weighted by Gasteiger charge is 2.70. The fraction of sp³-hybridized carbons (Fsp3) is 0.486. The lowest BCUT2D eigenvalue weighted by atomic mass is 9.45. The molecule has 0 saturated heterocycles. The number of fused-ring (bicyclic) bond motifs is 6. The zero-order valence-electron chi connectivity index (χ0n) is 24.6. The van der Waals surface area contributed by atoms with E-state index in [1.54, 1.807) is 24.3 Å². The Kier molecular flexibility index (Phi) is 6.93. The minimum absolute atomic E-state index is 0.00326. The van der Waals surface area contributed by atoms with Crippen LogP contribution in [0.25, 0.3) is 11.1 Å². The van der Waals surface area contributed by atoms with Gasteiger partial charge < -0.3 is 14.3 Å². The molecule has 7 atom stereocenters. The molecule has 8 heteroatoms. The minimum Gasteiger partial charge on any atom is -0.447 e. The van der Waals surface area contributed by atoms with Crippen LogP contribution in [0.2, 0.25) is 0 Å². The van der Waals surface area contributed by atoms with Crippen LogP contribution in [-0.4, -0.2) is 45.1 Å². The molecule has 43 heavy (non-hydrogen) atoms. The molecule has 7 rings (SSSR count). The van der Waals surface area contributed by atoms with Gasteiger partial charge in [-0.1, -0.05) is 61.5 Å². The Bertz CT molecular complexity index is 1600. The van der Waals surface area contributed by atoms with Crippen molar-refractivity contribution in [1.82, 2.24) is 4.98 Å². The van der Waals surface area contributed by atoms with Crippen LogP contribution < -0.4 is 0 Å². The van der Waals surface area contributed by atoms with E-state index in [-0.39, 0.29) is 40.5 Å². The number of carbonyl (C=O) groups excluding carboxylic acids is 3. The number of esters is 1. The highest BCUT2D eigenvalue weighted by Crippen LogP contribution is 2.68. The summed E-state index contributed by atoms with van der Waals surface area (Å²) in [7, 11) is 0. The predicted octanol–water partition coefficient (Wildman–Crippen LogP) is 6.59. The highest BCUT2D eigenvalue weighted by molar-refractivity contribution is 7.99. The minimum atomic E-state index is -1.39. The van der Waals surface area contributed by atoms with Gasteiger partial charge in [0.05, 0.1) is 17.4 Å². The van der Waals surface area contributed by atoms with Gasteiger partial charge >= 0.3 is 5.97 Å². The second-order valence-electron chi connectivity index (χ2n) is 13.4. The van der Waals surface area contributed by atoms with Crippen LogP contribution in [0.1, 0.15) is 69.2 Å². The van der Waals surface area contributed by atoms with Crippen LogP contribution >= 0.6 is 11.8 Å². The van der Waals surface area contributed by atoms with Crippen LogP contribution in [0.4, 0.5) is 0 Å². The SMILES string of the molecule is CC12CCC(=O)C=C1CCC1C2[C@@H](O)CC2(C)C1CC[C@]2(OC(=O)c1ccccc1)C(=O)CSc1nc2ccccc2o1. The number of benzene rings is 2. The molecular formula is C35H37NO6S. The first-order chi connectivity index (χ1) is 20.6. The van der Waals surface area contributed by atoms with Crippen molar-refractivity contribution in [2.75, 3.05) is 5.75 Å². The van der Waals surface area contributed by atoms with Gasteiger partial charge in [0.2, 0.25) is 0 Å². The number of ether oxygens (including phenoxy) is 1. The number of carbonyl (C=O) groups is 3. The van der Waals surface area contributed by atoms with Gasteiger partial charge in [-0.15, -0.1) is 0 Å². The Morgan fingerprint density at radius 2 is 1.81 bits per heavy atom. The third-order valence-corrected chi connectivity index (χ3v) is 12.2. The molecule has 0 aliphatic heterocycles. The Morgan fingerprint density at radius 3 is 2.60 bits per heavy atom. The molecule has 4 aliphatic carbocycles. The summed E-state index contributed by atoms with van der Waals surface area (Å²) in [5.74, 6) is -0.220. The lowest BCUT2D eigenvalue weighted by Gasteiger charge is -2.60. The molecular weight excluding hydrogens is 562 g/mol. The number of oxazole rings is 1. The number of para-hydroxylation sites is 2. The van der Waals surface area contributed by atoms with E-state index in [0.717, 1.165) is 31.2 Å². The normalized spacial score (nSPS) is 35.0. The van der Waals surface area contributed by atoms with Gasteiger partial charge in [-0.25, -0.2) is 9.78 Å². The van der Waals surface area contributed by atoms with Gasteiger partial charge in [-0.05, 0) is 92.0 Å². The first-order valence-electron chi connectivity index (χ1n) is 15.4. The largest absolute Gasteiger partial charge is 0.447 e. The van der Waals surface area contributed by atoms with Crippen LogP contribution in [-0.2, 0) is 14.3 Å². The maximum Gasteiger partial charge on any atom is 0.339 e. The molecule has 224 valence electrons. The predicted molar refractivity (Wildman–Crippen MR) is 162 cm³/mol. The average molecular weight is 600 g/mol. The highest BCUT2D eigenvalue weighted by atomic mass is 32.2. The lowest BCUT2D eigenvalue weighted by Crippen LogP contribution is -2.63. The van der Waals surface area contributed by atoms with Crippen molar-refractivity contribution in [3.63, 3.8) is 0 Å². The molecule has 1 heterocycles. The van der Waals surface area contributed by atoms with Crippen LogP contribution in [0, 0.1) is 28.6 Å². The standard InChI is InChI=1S/C35H37NO6S/c1-33-16-14-23(37)18-22(33)12-13-24-25-15-17-35(34(25,2)19-27(38)30(24)33,42-31(40)21-8-4-3-5-9-21)29(39)20-43-32-36-26-10-6-7-11-28(26)41-32/h3-11,18,24-25,27,30,38H,12-17,19-20H2,1-2H3/t24?,25?,27-,30?,33?,34?,35-/m0/s1. The summed E-state index contributed by atoms with van der Waals surface area (Å²) in [6, 6.07) is 16.3. The molecule has 7 nitrogen and oxygen atoms in total. The van der Waals surface area contributed by atoms with Crippen molar-refractivity contribution in [2.24, 2.45) is 28.6 Å². The monoisotopic (exact) mass is 599 g/mol. The van der Waals surface area contributed by atoms with Gasteiger partial charge in [0, 0.05) is 11.8 Å². The third-order valence-electron chi connectivity index (χ3n) is 11.3.